The number of hydrogen-bond acceptors (Lipinski definition) is 5. The highest BCUT2D eigenvalue weighted by Gasteiger charge is 2.21. The standard InChI is InChI=1S/C20H28N2O5/c1-5-14(2)18(23)21-13-7-6-8-17(20(25)27-4)22-19(24)15-9-11-16(26-3)12-10-15/h5,9-12,17H,6-8,13H2,1-4H3,(H,21,23)(H,22,24)/b14-5+/t17-/m0/s1. The van der Waals surface area contributed by atoms with Gasteiger partial charge in [0.25, 0.3) is 5.91 Å². The highest BCUT2D eigenvalue weighted by atomic mass is 16.5. The van der Waals surface area contributed by atoms with Crippen LogP contribution in [0.4, 0.5) is 0 Å². The fourth-order valence-electron chi connectivity index (χ4n) is 2.32. The van der Waals surface area contributed by atoms with E-state index < -0.39 is 12.0 Å². The average Bonchev–Trinajstić information content (AvgIpc) is 2.70. The predicted octanol–water partition coefficient (Wildman–Crippen LogP) is 2.22. The fourth-order valence-corrected chi connectivity index (χ4v) is 2.32. The highest BCUT2D eigenvalue weighted by Crippen LogP contribution is 2.12. The summed E-state index contributed by atoms with van der Waals surface area (Å²) in [6, 6.07) is 5.87. The SMILES string of the molecule is C/C=C(\C)C(=O)NCCCC[C@H](NC(=O)c1ccc(OC)cc1)C(=O)OC. The second kappa shape index (κ2) is 11.7. The topological polar surface area (TPSA) is 93.7 Å². The quantitative estimate of drug-likeness (QED) is 0.371. The third-order valence-electron chi connectivity index (χ3n) is 4.14. The normalized spacial score (nSPS) is 12.1. The molecule has 1 aromatic carbocycles. The number of benzene rings is 1. The minimum atomic E-state index is -0.738. The van der Waals surface area contributed by atoms with Gasteiger partial charge in [-0.2, -0.15) is 0 Å². The van der Waals surface area contributed by atoms with E-state index in [-0.39, 0.29) is 11.8 Å². The third-order valence-corrected chi connectivity index (χ3v) is 4.14. The maximum atomic E-state index is 12.3. The van der Waals surface area contributed by atoms with E-state index in [1.807, 2.05) is 0 Å². The number of allylic oxidation sites excluding steroid dienone is 1. The maximum absolute atomic E-state index is 12.3. The average molecular weight is 376 g/mol. The maximum Gasteiger partial charge on any atom is 0.328 e. The second-order valence-corrected chi connectivity index (χ2v) is 6.00. The van der Waals surface area contributed by atoms with Gasteiger partial charge in [-0.3, -0.25) is 9.59 Å². The summed E-state index contributed by atoms with van der Waals surface area (Å²) in [6.07, 6.45) is 3.51. The van der Waals surface area contributed by atoms with Crippen LogP contribution in [-0.4, -0.2) is 44.6 Å². The van der Waals surface area contributed by atoms with Crippen LogP contribution >= 0.6 is 0 Å². The smallest absolute Gasteiger partial charge is 0.328 e. The van der Waals surface area contributed by atoms with Gasteiger partial charge in [0, 0.05) is 17.7 Å². The monoisotopic (exact) mass is 376 g/mol. The first-order valence-corrected chi connectivity index (χ1v) is 8.86. The van der Waals surface area contributed by atoms with Crippen LogP contribution < -0.4 is 15.4 Å². The van der Waals surface area contributed by atoms with Gasteiger partial charge in [0.05, 0.1) is 14.2 Å². The van der Waals surface area contributed by atoms with Crippen LogP contribution in [0.1, 0.15) is 43.5 Å². The van der Waals surface area contributed by atoms with Gasteiger partial charge in [-0.15, -0.1) is 0 Å². The van der Waals surface area contributed by atoms with Gasteiger partial charge in [-0.05, 0) is 57.4 Å². The molecule has 0 unspecified atom stereocenters. The molecule has 0 spiro atoms. The fraction of sp³-hybridized carbons (Fsp3) is 0.450. The number of methoxy groups -OCH3 is 2. The Morgan fingerprint density at radius 3 is 2.33 bits per heavy atom. The van der Waals surface area contributed by atoms with Crippen LogP contribution in [-0.2, 0) is 14.3 Å². The summed E-state index contributed by atoms with van der Waals surface area (Å²) in [5.74, 6) is -0.309. The summed E-state index contributed by atoms with van der Waals surface area (Å²) in [5.41, 5.74) is 1.09. The van der Waals surface area contributed by atoms with E-state index >= 15 is 0 Å². The molecule has 0 bridgehead atoms. The van der Waals surface area contributed by atoms with Gasteiger partial charge in [0.2, 0.25) is 5.91 Å². The number of carbonyl (C=O) groups is 3. The zero-order valence-electron chi connectivity index (χ0n) is 16.3. The van der Waals surface area contributed by atoms with Crippen LogP contribution in [0.2, 0.25) is 0 Å². The van der Waals surface area contributed by atoms with Crippen molar-refractivity contribution in [1.82, 2.24) is 10.6 Å². The molecule has 2 N–H and O–H groups in total. The minimum Gasteiger partial charge on any atom is -0.497 e. The van der Waals surface area contributed by atoms with E-state index in [0.717, 1.165) is 0 Å². The number of unbranched alkanes of at least 4 members (excludes halogenated alkanes) is 1. The molecule has 2 amide bonds. The molecule has 1 aromatic rings. The first-order valence-electron chi connectivity index (χ1n) is 8.86. The van der Waals surface area contributed by atoms with Crippen molar-refractivity contribution < 1.29 is 23.9 Å². The van der Waals surface area contributed by atoms with E-state index in [4.69, 9.17) is 9.47 Å². The van der Waals surface area contributed by atoms with Crippen LogP contribution in [0.15, 0.2) is 35.9 Å². The largest absolute Gasteiger partial charge is 0.497 e. The van der Waals surface area contributed by atoms with Gasteiger partial charge in [-0.1, -0.05) is 6.08 Å². The molecular weight excluding hydrogens is 348 g/mol. The number of esters is 1. The summed E-state index contributed by atoms with van der Waals surface area (Å²) >= 11 is 0. The molecule has 0 saturated carbocycles. The lowest BCUT2D eigenvalue weighted by molar-refractivity contribution is -0.143. The second-order valence-electron chi connectivity index (χ2n) is 6.00. The predicted molar refractivity (Wildman–Crippen MR) is 103 cm³/mol. The van der Waals surface area contributed by atoms with Crippen molar-refractivity contribution in [1.29, 1.82) is 0 Å². The Hall–Kier alpha value is -2.83. The van der Waals surface area contributed by atoms with Gasteiger partial charge < -0.3 is 20.1 Å². The van der Waals surface area contributed by atoms with E-state index in [9.17, 15) is 14.4 Å². The molecule has 1 atom stereocenters. The molecule has 0 saturated heterocycles. The molecule has 0 radical (unpaired) electrons. The number of rotatable bonds is 10. The van der Waals surface area contributed by atoms with Crippen molar-refractivity contribution in [3.05, 3.63) is 41.5 Å². The lowest BCUT2D eigenvalue weighted by Crippen LogP contribution is -2.41. The first kappa shape index (κ1) is 22.2. The minimum absolute atomic E-state index is 0.102. The van der Waals surface area contributed by atoms with E-state index in [1.54, 1.807) is 51.3 Å². The van der Waals surface area contributed by atoms with E-state index in [1.165, 1.54) is 7.11 Å². The van der Waals surface area contributed by atoms with Gasteiger partial charge in [0.1, 0.15) is 11.8 Å². The Bertz CT molecular complexity index is 667. The van der Waals surface area contributed by atoms with E-state index in [2.05, 4.69) is 10.6 Å². The molecule has 1 rings (SSSR count). The summed E-state index contributed by atoms with van der Waals surface area (Å²) in [4.78, 5) is 35.9. The summed E-state index contributed by atoms with van der Waals surface area (Å²) in [6.45, 7) is 4.06. The molecule has 7 heteroatoms. The zero-order valence-corrected chi connectivity index (χ0v) is 16.3. The lowest BCUT2D eigenvalue weighted by atomic mass is 10.1. The molecule has 0 fully saturated rings. The number of amides is 2. The number of ether oxygens (including phenoxy) is 2. The molecule has 0 heterocycles. The van der Waals surface area contributed by atoms with Crippen LogP contribution in [0.5, 0.6) is 5.75 Å². The summed E-state index contributed by atoms with van der Waals surface area (Å²) < 4.78 is 9.84. The molecule has 0 aliphatic carbocycles. The zero-order chi connectivity index (χ0) is 20.2. The molecule has 0 aromatic heterocycles. The third kappa shape index (κ3) is 7.52. The number of carbonyl (C=O) groups excluding carboxylic acids is 3. The molecule has 0 aliphatic rings. The molecule has 7 nitrogen and oxygen atoms in total. The van der Waals surface area contributed by atoms with E-state index in [0.29, 0.717) is 42.7 Å². The van der Waals surface area contributed by atoms with Crippen LogP contribution in [0, 0.1) is 0 Å². The Morgan fingerprint density at radius 1 is 1.11 bits per heavy atom. The Balaban J connectivity index is 2.51. The number of nitrogens with one attached hydrogen (secondary N) is 2. The highest BCUT2D eigenvalue weighted by molar-refractivity contribution is 5.96. The van der Waals surface area contributed by atoms with Crippen molar-refractivity contribution in [2.45, 2.75) is 39.2 Å². The number of hydrogen-bond donors (Lipinski definition) is 2. The summed E-state index contributed by atoms with van der Waals surface area (Å²) in [7, 11) is 2.83. The van der Waals surface area contributed by atoms with Crippen molar-refractivity contribution in [2.75, 3.05) is 20.8 Å². The molecule has 148 valence electrons. The molecule has 0 aliphatic heterocycles. The van der Waals surface area contributed by atoms with Gasteiger partial charge in [0.15, 0.2) is 0 Å². The first-order chi connectivity index (χ1) is 12.9. The summed E-state index contributed by atoms with van der Waals surface area (Å²) in [5, 5.41) is 5.50. The van der Waals surface area contributed by atoms with Crippen molar-refractivity contribution in [3.63, 3.8) is 0 Å². The van der Waals surface area contributed by atoms with Gasteiger partial charge in [-0.25, -0.2) is 4.79 Å². The van der Waals surface area contributed by atoms with Crippen LogP contribution in [0.25, 0.3) is 0 Å². The molecule has 27 heavy (non-hydrogen) atoms. The Morgan fingerprint density at radius 2 is 1.78 bits per heavy atom. The van der Waals surface area contributed by atoms with Crippen LogP contribution in [0.3, 0.4) is 0 Å². The Labute approximate surface area is 160 Å². The van der Waals surface area contributed by atoms with Crippen molar-refractivity contribution in [3.8, 4) is 5.75 Å². The van der Waals surface area contributed by atoms with Gasteiger partial charge >= 0.3 is 5.97 Å². The lowest BCUT2D eigenvalue weighted by Gasteiger charge is -2.16. The van der Waals surface area contributed by atoms with Crippen molar-refractivity contribution >= 4 is 17.8 Å². The molecular formula is C20H28N2O5. The van der Waals surface area contributed by atoms with Crippen molar-refractivity contribution in [2.24, 2.45) is 0 Å². The Kier molecular flexibility index (Phi) is 9.64.